The second kappa shape index (κ2) is 18.5. The molecule has 2 rings (SSSR count). The van der Waals surface area contributed by atoms with E-state index in [2.05, 4.69) is 120 Å². The minimum Gasteiger partial charge on any atom is -0.423 e. The van der Waals surface area contributed by atoms with Crippen molar-refractivity contribution in [1.29, 1.82) is 0 Å². The summed E-state index contributed by atoms with van der Waals surface area (Å²) in [5, 5.41) is 1.06. The summed E-state index contributed by atoms with van der Waals surface area (Å²) in [6.45, 7) is 30.4. The molecule has 0 amide bonds. The second-order valence-corrected chi connectivity index (χ2v) is 20.4. The van der Waals surface area contributed by atoms with E-state index in [0.717, 1.165) is 23.8 Å². The summed E-state index contributed by atoms with van der Waals surface area (Å²) in [6, 6.07) is 9.16. The average Bonchev–Trinajstić information content (AvgIpc) is 2.99. The molecule has 0 saturated carbocycles. The van der Waals surface area contributed by atoms with Crippen molar-refractivity contribution in [2.24, 2.45) is 35.5 Å². The average molecular weight is 667 g/mol. The van der Waals surface area contributed by atoms with Crippen molar-refractivity contribution in [1.82, 2.24) is 0 Å². The van der Waals surface area contributed by atoms with E-state index >= 15 is 0 Å². The molecule has 0 spiro atoms. The van der Waals surface area contributed by atoms with Gasteiger partial charge in [0, 0.05) is 30.4 Å². The number of benzene rings is 1. The molecule has 0 N–H and O–H groups in total. The first-order valence-electron chi connectivity index (χ1n) is 17.8. The standard InChI is InChI=1S/C41H66O5Si/c1-15-16-17-29(3)33(7)34(8)40(46-47(13,14)41(9,10)11)32(6)25-28(2)24-31(5)39(44-27-43-12)30(4)18-19-35-20-21-36-22-23-38(42)45-37(36)26-35/h16-24,26,29-34,39-40H,15,25,27H2,1-14H3/b17-16-,19-18-,28-24-/t29?,30?,31-,32-,33-,34+,39-,40+/m0/s1. The van der Waals surface area contributed by atoms with Crippen LogP contribution in [-0.2, 0) is 13.9 Å². The van der Waals surface area contributed by atoms with Gasteiger partial charge in [-0.3, -0.25) is 0 Å². The largest absolute Gasteiger partial charge is 0.423 e. The quantitative estimate of drug-likeness (QED) is 0.0686. The summed E-state index contributed by atoms with van der Waals surface area (Å²) in [7, 11) is -0.322. The number of hydrogen-bond acceptors (Lipinski definition) is 5. The lowest BCUT2D eigenvalue weighted by Crippen LogP contribution is -2.48. The van der Waals surface area contributed by atoms with Crippen LogP contribution in [0.5, 0.6) is 0 Å². The summed E-state index contributed by atoms with van der Waals surface area (Å²) in [5.41, 5.74) is 2.59. The number of methoxy groups -OCH3 is 1. The minimum atomic E-state index is -1.99. The molecule has 264 valence electrons. The lowest BCUT2D eigenvalue weighted by atomic mass is 9.77. The molecule has 1 aromatic carbocycles. The molecule has 0 fully saturated rings. The lowest BCUT2D eigenvalue weighted by molar-refractivity contribution is -0.0947. The molecule has 0 aliphatic carbocycles. The van der Waals surface area contributed by atoms with Crippen LogP contribution in [0.3, 0.4) is 0 Å². The van der Waals surface area contributed by atoms with Gasteiger partial charge in [0.1, 0.15) is 12.4 Å². The first-order chi connectivity index (χ1) is 21.9. The molecule has 1 heterocycles. The number of hydrogen-bond donors (Lipinski definition) is 0. The highest BCUT2D eigenvalue weighted by Crippen LogP contribution is 2.41. The minimum absolute atomic E-state index is 0.0701. The predicted molar refractivity (Wildman–Crippen MR) is 203 cm³/mol. The van der Waals surface area contributed by atoms with Crippen LogP contribution in [0.25, 0.3) is 17.0 Å². The summed E-state index contributed by atoms with van der Waals surface area (Å²) >= 11 is 0. The fraction of sp³-hybridized carbons (Fsp3) is 0.634. The maximum Gasteiger partial charge on any atom is 0.336 e. The van der Waals surface area contributed by atoms with E-state index in [0.29, 0.717) is 29.3 Å². The molecule has 0 radical (unpaired) electrons. The molecule has 0 saturated heterocycles. The van der Waals surface area contributed by atoms with E-state index in [1.54, 1.807) is 13.2 Å². The van der Waals surface area contributed by atoms with Crippen LogP contribution in [0.2, 0.25) is 18.1 Å². The first-order valence-corrected chi connectivity index (χ1v) is 20.7. The normalized spacial score (nSPS) is 18.7. The van der Waals surface area contributed by atoms with E-state index in [4.69, 9.17) is 18.3 Å². The van der Waals surface area contributed by atoms with Crippen LogP contribution in [0, 0.1) is 35.5 Å². The molecule has 47 heavy (non-hydrogen) atoms. The Morgan fingerprint density at radius 1 is 0.915 bits per heavy atom. The van der Waals surface area contributed by atoms with E-state index in [9.17, 15) is 4.79 Å². The highest BCUT2D eigenvalue weighted by Gasteiger charge is 2.42. The van der Waals surface area contributed by atoms with Crippen molar-refractivity contribution >= 4 is 25.4 Å². The molecular formula is C41H66O5Si. The van der Waals surface area contributed by atoms with Crippen molar-refractivity contribution in [2.75, 3.05) is 13.9 Å². The molecule has 0 aliphatic rings. The first kappa shape index (κ1) is 40.9. The smallest absolute Gasteiger partial charge is 0.336 e. The summed E-state index contributed by atoms with van der Waals surface area (Å²) in [5.74, 6) is 2.09. The van der Waals surface area contributed by atoms with Crippen LogP contribution in [-0.4, -0.2) is 34.4 Å². The Morgan fingerprint density at radius 2 is 1.57 bits per heavy atom. The third-order valence-corrected chi connectivity index (χ3v) is 15.0. The number of rotatable bonds is 18. The molecular weight excluding hydrogens is 601 g/mol. The fourth-order valence-corrected chi connectivity index (χ4v) is 7.76. The molecule has 5 nitrogen and oxygen atoms in total. The van der Waals surface area contributed by atoms with Crippen molar-refractivity contribution in [3.05, 3.63) is 76.2 Å². The lowest BCUT2D eigenvalue weighted by Gasteiger charge is -2.44. The summed E-state index contributed by atoms with van der Waals surface area (Å²) in [6.07, 6.45) is 13.5. The van der Waals surface area contributed by atoms with E-state index < -0.39 is 8.32 Å². The van der Waals surface area contributed by atoms with Crippen molar-refractivity contribution in [3.63, 3.8) is 0 Å². The molecule has 8 atom stereocenters. The summed E-state index contributed by atoms with van der Waals surface area (Å²) in [4.78, 5) is 11.7. The fourth-order valence-electron chi connectivity index (χ4n) is 6.28. The van der Waals surface area contributed by atoms with E-state index in [1.807, 2.05) is 18.2 Å². The Labute approximate surface area is 288 Å². The van der Waals surface area contributed by atoms with Crippen LogP contribution in [0.4, 0.5) is 0 Å². The Bertz CT molecular complexity index is 1380. The van der Waals surface area contributed by atoms with Gasteiger partial charge in [0.25, 0.3) is 0 Å². The second-order valence-electron chi connectivity index (χ2n) is 15.6. The zero-order valence-electron chi connectivity index (χ0n) is 32.1. The van der Waals surface area contributed by atoms with Crippen molar-refractivity contribution < 1.29 is 18.3 Å². The Morgan fingerprint density at radius 3 is 2.19 bits per heavy atom. The van der Waals surface area contributed by atoms with Gasteiger partial charge in [-0.2, -0.15) is 0 Å². The molecule has 1 aromatic heterocycles. The van der Waals surface area contributed by atoms with Gasteiger partial charge in [-0.15, -0.1) is 0 Å². The highest BCUT2D eigenvalue weighted by molar-refractivity contribution is 6.74. The van der Waals surface area contributed by atoms with Crippen LogP contribution in [0.1, 0.15) is 94.6 Å². The zero-order valence-corrected chi connectivity index (χ0v) is 33.1. The third-order valence-electron chi connectivity index (χ3n) is 10.5. The van der Waals surface area contributed by atoms with Crippen LogP contribution >= 0.6 is 0 Å². The van der Waals surface area contributed by atoms with Crippen molar-refractivity contribution in [2.45, 2.75) is 119 Å². The number of fused-ring (bicyclic) bond motifs is 1. The van der Waals surface area contributed by atoms with Gasteiger partial charge >= 0.3 is 5.63 Å². The van der Waals surface area contributed by atoms with Gasteiger partial charge in [0.2, 0.25) is 0 Å². The monoisotopic (exact) mass is 666 g/mol. The molecule has 2 unspecified atom stereocenters. The number of ether oxygens (including phenoxy) is 2. The van der Waals surface area contributed by atoms with Crippen molar-refractivity contribution in [3.8, 4) is 0 Å². The third kappa shape index (κ3) is 12.3. The van der Waals surface area contributed by atoms with Gasteiger partial charge < -0.3 is 18.3 Å². The molecule has 0 bridgehead atoms. The highest BCUT2D eigenvalue weighted by atomic mass is 28.4. The maximum atomic E-state index is 11.7. The predicted octanol–water partition coefficient (Wildman–Crippen LogP) is 11.3. The zero-order chi connectivity index (χ0) is 35.5. The Kier molecular flexibility index (Phi) is 16.1. The van der Waals surface area contributed by atoms with Gasteiger partial charge in [0.15, 0.2) is 8.32 Å². The van der Waals surface area contributed by atoms with E-state index in [1.165, 1.54) is 11.6 Å². The SMILES string of the molecule is CC/C=C\C(C)[C@H](C)[C@@H](C)[C@H](O[Si](C)(C)C(C)(C)C)[C@@H](C)C/C(C)=C\[C@H](C)[C@@H](OCOC)C(C)/C=C\c1ccc2ccc(=O)oc2c1. The van der Waals surface area contributed by atoms with Gasteiger partial charge in [-0.05, 0) is 79.3 Å². The summed E-state index contributed by atoms with van der Waals surface area (Å²) < 4.78 is 24.3. The molecule has 0 aliphatic heterocycles. The molecule has 2 aromatic rings. The van der Waals surface area contributed by atoms with Gasteiger partial charge in [0.05, 0.1) is 12.2 Å². The van der Waals surface area contributed by atoms with E-state index in [-0.39, 0.29) is 41.5 Å². The van der Waals surface area contributed by atoms with Gasteiger partial charge in [-0.1, -0.05) is 117 Å². The topological polar surface area (TPSA) is 57.9 Å². The Balaban J connectivity index is 2.29. The van der Waals surface area contributed by atoms with Crippen LogP contribution in [0.15, 0.2) is 69.4 Å². The maximum absolute atomic E-state index is 11.7. The van der Waals surface area contributed by atoms with Crippen LogP contribution < -0.4 is 5.63 Å². The number of allylic oxidation sites excluding steroid dienone is 3. The Hall–Kier alpha value is -2.25. The van der Waals surface area contributed by atoms with Gasteiger partial charge in [-0.25, -0.2) is 4.79 Å². The molecule has 6 heteroatoms.